The summed E-state index contributed by atoms with van der Waals surface area (Å²) in [6, 6.07) is 26.1. The van der Waals surface area contributed by atoms with Gasteiger partial charge in [0, 0.05) is 39.9 Å². The van der Waals surface area contributed by atoms with Gasteiger partial charge in [0.05, 0.1) is 5.03 Å². The highest BCUT2D eigenvalue weighted by Crippen LogP contribution is 2.53. The van der Waals surface area contributed by atoms with Gasteiger partial charge in [0.1, 0.15) is 11.5 Å². The average Bonchev–Trinajstić information content (AvgIpc) is 3.31. The number of hydrogen-bond donors (Lipinski definition) is 0. The van der Waals surface area contributed by atoms with Gasteiger partial charge in [-0.2, -0.15) is 4.57 Å². The molecule has 0 amide bonds. The number of aryl methyl sites for hydroxylation is 1. The second-order valence-corrected chi connectivity index (χ2v) is 9.13. The summed E-state index contributed by atoms with van der Waals surface area (Å²) in [6.07, 6.45) is 2.35. The zero-order valence-electron chi connectivity index (χ0n) is 16.6. The van der Waals surface area contributed by atoms with E-state index in [1.807, 2.05) is 23.1 Å². The molecule has 1 aliphatic rings. The molecule has 0 atom stereocenters. The van der Waals surface area contributed by atoms with E-state index in [4.69, 9.17) is 0 Å². The molecule has 29 heavy (non-hydrogen) atoms. The Morgan fingerprint density at radius 3 is 2.52 bits per heavy atom. The van der Waals surface area contributed by atoms with Crippen LogP contribution < -0.4 is 9.47 Å². The lowest BCUT2D eigenvalue weighted by atomic mass is 10.2. The average molecular weight is 416 g/mol. The van der Waals surface area contributed by atoms with Gasteiger partial charge in [-0.3, -0.25) is 0 Å². The standard InChI is InChI=1S/C25H23N2S2/c1-3-26-20(15-14-18-10-8-9-13-21(18)26)16-24-27(4-2)25-23(28-24)17-22(29-25)19-11-6-5-7-12-19/h5-17H,3-4H2,1-2H3/q+1. The lowest BCUT2D eigenvalue weighted by Gasteiger charge is -2.16. The van der Waals surface area contributed by atoms with E-state index in [0.29, 0.717) is 0 Å². The van der Waals surface area contributed by atoms with Crippen molar-refractivity contribution in [3.8, 4) is 10.4 Å². The summed E-state index contributed by atoms with van der Waals surface area (Å²) < 4.78 is 2.40. The van der Waals surface area contributed by atoms with Crippen molar-refractivity contribution in [2.75, 3.05) is 11.4 Å². The van der Waals surface area contributed by atoms with E-state index in [1.54, 1.807) is 0 Å². The Morgan fingerprint density at radius 1 is 0.931 bits per heavy atom. The Labute approximate surface area is 180 Å². The third-order valence-electron chi connectivity index (χ3n) is 5.34. The number of aromatic nitrogens is 1. The molecule has 0 saturated carbocycles. The number of nitrogens with zero attached hydrogens (tertiary/aromatic N) is 2. The molecular weight excluding hydrogens is 392 g/mol. The van der Waals surface area contributed by atoms with Gasteiger partial charge >= 0.3 is 0 Å². The molecule has 0 aliphatic carbocycles. The quantitative estimate of drug-likeness (QED) is 0.338. The molecule has 0 unspecified atom stereocenters. The van der Waals surface area contributed by atoms with Crippen LogP contribution in [-0.2, 0) is 6.54 Å². The number of benzene rings is 2. The molecule has 0 N–H and O–H groups in total. The number of anilines is 1. The number of fused-ring (bicyclic) bond motifs is 2. The van der Waals surface area contributed by atoms with Gasteiger partial charge in [0.2, 0.25) is 11.2 Å². The van der Waals surface area contributed by atoms with Crippen LogP contribution in [0.2, 0.25) is 0 Å². The first-order valence-corrected chi connectivity index (χ1v) is 11.7. The maximum Gasteiger partial charge on any atom is 0.212 e. The molecule has 2 nitrogen and oxygen atoms in total. The number of thiophene rings is 1. The summed E-state index contributed by atoms with van der Waals surface area (Å²) in [7, 11) is 0. The molecule has 144 valence electrons. The van der Waals surface area contributed by atoms with Crippen molar-refractivity contribution in [1.82, 2.24) is 0 Å². The van der Waals surface area contributed by atoms with Gasteiger partial charge in [0.15, 0.2) is 0 Å². The van der Waals surface area contributed by atoms with Crippen molar-refractivity contribution in [2.45, 2.75) is 25.3 Å². The molecule has 5 rings (SSSR count). The molecule has 0 saturated heterocycles. The van der Waals surface area contributed by atoms with Crippen molar-refractivity contribution in [1.29, 1.82) is 0 Å². The third kappa shape index (κ3) is 3.26. The van der Waals surface area contributed by atoms with Crippen molar-refractivity contribution in [3.63, 3.8) is 0 Å². The van der Waals surface area contributed by atoms with Crippen LogP contribution in [0.1, 0.15) is 19.5 Å². The fourth-order valence-electron chi connectivity index (χ4n) is 3.93. The van der Waals surface area contributed by atoms with E-state index < -0.39 is 0 Å². The van der Waals surface area contributed by atoms with E-state index >= 15 is 0 Å². The van der Waals surface area contributed by atoms with Crippen LogP contribution >= 0.6 is 23.1 Å². The lowest BCUT2D eigenvalue weighted by molar-refractivity contribution is -0.669. The molecule has 1 aliphatic heterocycles. The highest BCUT2D eigenvalue weighted by molar-refractivity contribution is 8.04. The number of rotatable bonds is 4. The van der Waals surface area contributed by atoms with Gasteiger partial charge in [-0.1, -0.05) is 54.2 Å². The van der Waals surface area contributed by atoms with Crippen LogP contribution in [0.4, 0.5) is 5.00 Å². The van der Waals surface area contributed by atoms with E-state index in [1.165, 1.54) is 42.0 Å². The Kier molecular flexibility index (Phi) is 4.90. The molecule has 0 radical (unpaired) electrons. The minimum Gasteiger partial charge on any atom is -0.327 e. The van der Waals surface area contributed by atoms with E-state index in [9.17, 15) is 0 Å². The molecule has 4 heteroatoms. The van der Waals surface area contributed by atoms with Crippen LogP contribution in [0.3, 0.4) is 0 Å². The van der Waals surface area contributed by atoms with Crippen molar-refractivity contribution in [3.05, 3.63) is 83.5 Å². The van der Waals surface area contributed by atoms with Crippen molar-refractivity contribution >= 4 is 45.1 Å². The first kappa shape index (κ1) is 18.5. The predicted molar refractivity (Wildman–Crippen MR) is 126 cm³/mol. The van der Waals surface area contributed by atoms with Crippen molar-refractivity contribution < 1.29 is 4.57 Å². The fourth-order valence-corrected chi connectivity index (χ4v) is 6.56. The number of pyridine rings is 1. The van der Waals surface area contributed by atoms with Gasteiger partial charge in [-0.25, -0.2) is 0 Å². The van der Waals surface area contributed by atoms with Gasteiger partial charge < -0.3 is 4.90 Å². The highest BCUT2D eigenvalue weighted by Gasteiger charge is 2.28. The molecule has 0 bridgehead atoms. The second kappa shape index (κ2) is 7.69. The summed E-state index contributed by atoms with van der Waals surface area (Å²) in [6.45, 7) is 6.38. The van der Waals surface area contributed by atoms with E-state index in [2.05, 4.69) is 102 Å². The Morgan fingerprint density at radius 2 is 1.72 bits per heavy atom. The molecule has 2 aromatic carbocycles. The summed E-state index contributed by atoms with van der Waals surface area (Å²) in [5.74, 6) is 0. The van der Waals surface area contributed by atoms with Gasteiger partial charge in [-0.15, -0.1) is 11.3 Å². The third-order valence-corrected chi connectivity index (χ3v) is 7.76. The first-order valence-electron chi connectivity index (χ1n) is 10.1. The minimum absolute atomic E-state index is 0.956. The Balaban J connectivity index is 1.54. The highest BCUT2D eigenvalue weighted by atomic mass is 32.2. The van der Waals surface area contributed by atoms with Crippen molar-refractivity contribution in [2.24, 2.45) is 0 Å². The Bertz CT molecular complexity index is 1210. The predicted octanol–water partition coefficient (Wildman–Crippen LogP) is 6.81. The molecule has 0 fully saturated rings. The van der Waals surface area contributed by atoms with E-state index in [-0.39, 0.29) is 0 Å². The van der Waals surface area contributed by atoms with Crippen LogP contribution in [-0.4, -0.2) is 6.54 Å². The van der Waals surface area contributed by atoms with Crippen LogP contribution in [0.15, 0.2) is 82.7 Å². The molecule has 3 heterocycles. The summed E-state index contributed by atoms with van der Waals surface area (Å²) in [5.41, 5.74) is 3.84. The van der Waals surface area contributed by atoms with E-state index in [0.717, 1.165) is 13.1 Å². The Hall–Kier alpha value is -2.56. The minimum atomic E-state index is 0.956. The topological polar surface area (TPSA) is 7.12 Å². The largest absolute Gasteiger partial charge is 0.327 e. The maximum atomic E-state index is 2.45. The van der Waals surface area contributed by atoms with Crippen LogP contribution in [0, 0.1) is 0 Å². The molecule has 2 aromatic heterocycles. The van der Waals surface area contributed by atoms with Gasteiger partial charge in [0.25, 0.3) is 0 Å². The summed E-state index contributed by atoms with van der Waals surface area (Å²) in [5, 5.41) is 3.96. The molecule has 0 spiro atoms. The lowest BCUT2D eigenvalue weighted by Crippen LogP contribution is -2.36. The number of thioether (sulfide) groups is 1. The summed E-state index contributed by atoms with van der Waals surface area (Å²) in [4.78, 5) is 5.16. The fraction of sp³-hybridized carbons (Fsp3) is 0.160. The monoisotopic (exact) mass is 415 g/mol. The smallest absolute Gasteiger partial charge is 0.212 e. The summed E-state index contributed by atoms with van der Waals surface area (Å²) >= 11 is 3.78. The molecular formula is C25H23N2S2+. The number of para-hydroxylation sites is 1. The normalized spacial score (nSPS) is 14.7. The first-order chi connectivity index (χ1) is 14.3. The molecule has 4 aromatic rings. The zero-order chi connectivity index (χ0) is 19.8. The van der Waals surface area contributed by atoms with Crippen LogP contribution in [0.5, 0.6) is 0 Å². The maximum absolute atomic E-state index is 2.45. The zero-order valence-corrected chi connectivity index (χ0v) is 18.3. The SMILES string of the molecule is CCN1C(=Cc2ccc3ccccc3[n+]2CC)Sc2cc(-c3ccccc3)sc21. The van der Waals surface area contributed by atoms with Gasteiger partial charge in [-0.05, 0) is 37.6 Å². The second-order valence-electron chi connectivity index (χ2n) is 7.04. The number of hydrogen-bond acceptors (Lipinski definition) is 3. The van der Waals surface area contributed by atoms with Crippen LogP contribution in [0.25, 0.3) is 27.4 Å².